The zero-order valence-electron chi connectivity index (χ0n) is 12.7. The summed E-state index contributed by atoms with van der Waals surface area (Å²) in [6, 6.07) is 0. The molecule has 1 amide bonds. The van der Waals surface area contributed by atoms with Crippen LogP contribution in [0.5, 0.6) is 0 Å². The third kappa shape index (κ3) is 3.36. The summed E-state index contributed by atoms with van der Waals surface area (Å²) in [5, 5.41) is 14.2. The van der Waals surface area contributed by atoms with Crippen molar-refractivity contribution in [3.63, 3.8) is 0 Å². The van der Waals surface area contributed by atoms with Crippen LogP contribution >= 0.6 is 11.8 Å². The Balaban J connectivity index is 1.68. The van der Waals surface area contributed by atoms with Crippen molar-refractivity contribution in [1.29, 1.82) is 0 Å². The molecule has 0 atom stereocenters. The maximum Gasteiger partial charge on any atom is 0.237 e. The number of thioether (sulfide) groups is 1. The van der Waals surface area contributed by atoms with E-state index in [1.54, 1.807) is 14.0 Å². The Kier molecular flexibility index (Phi) is 4.33. The summed E-state index contributed by atoms with van der Waals surface area (Å²) in [6.07, 6.45) is 2.04. The van der Waals surface area contributed by atoms with Gasteiger partial charge < -0.3 is 0 Å². The number of fused-ring (bicyclic) bond motifs is 1. The Morgan fingerprint density at radius 3 is 2.91 bits per heavy atom. The molecule has 1 aliphatic rings. The molecule has 0 saturated heterocycles. The van der Waals surface area contributed by atoms with Gasteiger partial charge in [-0.2, -0.15) is 0 Å². The Labute approximate surface area is 136 Å². The molecule has 10 heteroatoms. The van der Waals surface area contributed by atoms with Crippen LogP contribution in [0.1, 0.15) is 34.6 Å². The molecule has 0 bridgehead atoms. The van der Waals surface area contributed by atoms with E-state index in [2.05, 4.69) is 30.8 Å². The number of Topliss-reactive ketones (excluding diaryl/α,β-unsaturated/α-hetero) is 1. The molecule has 0 radical (unpaired) electrons. The van der Waals surface area contributed by atoms with Crippen LogP contribution in [0, 0.1) is 6.92 Å². The van der Waals surface area contributed by atoms with Crippen LogP contribution in [-0.4, -0.2) is 47.6 Å². The third-order valence-electron chi connectivity index (χ3n) is 3.43. The van der Waals surface area contributed by atoms with Crippen LogP contribution in [0.3, 0.4) is 0 Å². The Hall–Kier alpha value is -2.36. The molecule has 1 N–H and O–H groups in total. The number of carbonyl (C=O) groups is 2. The number of carbonyl (C=O) groups excluding carboxylic acids is 2. The van der Waals surface area contributed by atoms with Crippen LogP contribution in [0.15, 0.2) is 5.16 Å². The molecule has 2 aromatic heterocycles. The third-order valence-corrected chi connectivity index (χ3v) is 4.44. The second-order valence-electron chi connectivity index (χ2n) is 5.15. The van der Waals surface area contributed by atoms with Gasteiger partial charge in [-0.15, -0.1) is 5.10 Å². The Morgan fingerprint density at radius 2 is 2.17 bits per heavy atom. The molecular weight excluding hydrogens is 318 g/mol. The Morgan fingerprint density at radius 1 is 1.35 bits per heavy atom. The molecule has 0 unspecified atom stereocenters. The largest absolute Gasteiger partial charge is 0.294 e. The SMILES string of the molecule is Cc1nc(NC(=O)CSc2nnnn2C)nc2c1C(=O)CCC2. The fraction of sp³-hybridized carbons (Fsp3) is 0.462. The van der Waals surface area contributed by atoms with Gasteiger partial charge in [-0.05, 0) is 30.2 Å². The highest BCUT2D eigenvalue weighted by atomic mass is 32.2. The number of ketones is 1. The molecule has 2 aromatic rings. The van der Waals surface area contributed by atoms with E-state index in [9.17, 15) is 9.59 Å². The van der Waals surface area contributed by atoms with Crippen molar-refractivity contribution in [3.8, 4) is 0 Å². The molecular formula is C13H15N7O2S. The molecule has 9 nitrogen and oxygen atoms in total. The van der Waals surface area contributed by atoms with E-state index >= 15 is 0 Å². The van der Waals surface area contributed by atoms with Crippen LogP contribution in [0.2, 0.25) is 0 Å². The van der Waals surface area contributed by atoms with Gasteiger partial charge in [0.15, 0.2) is 5.78 Å². The molecule has 23 heavy (non-hydrogen) atoms. The lowest BCUT2D eigenvalue weighted by Crippen LogP contribution is -2.21. The zero-order valence-corrected chi connectivity index (χ0v) is 13.6. The average Bonchev–Trinajstić information content (AvgIpc) is 2.90. The predicted octanol–water partition coefficient (Wildman–Crippen LogP) is 0.558. The van der Waals surface area contributed by atoms with Crippen LogP contribution in [0.25, 0.3) is 0 Å². The first-order valence-corrected chi connectivity index (χ1v) is 8.09. The summed E-state index contributed by atoms with van der Waals surface area (Å²) in [5.41, 5.74) is 1.93. The molecule has 0 saturated carbocycles. The minimum absolute atomic E-state index is 0.0759. The molecule has 3 rings (SSSR count). The predicted molar refractivity (Wildman–Crippen MR) is 82.2 cm³/mol. The van der Waals surface area contributed by atoms with Crippen molar-refractivity contribution in [2.45, 2.75) is 31.3 Å². The molecule has 0 aromatic carbocycles. The maximum absolute atomic E-state index is 12.0. The van der Waals surface area contributed by atoms with E-state index in [0.717, 1.165) is 12.8 Å². The zero-order chi connectivity index (χ0) is 16.4. The topological polar surface area (TPSA) is 116 Å². The second kappa shape index (κ2) is 6.41. The normalized spacial score (nSPS) is 13.7. The number of nitrogens with one attached hydrogen (secondary N) is 1. The van der Waals surface area contributed by atoms with Crippen molar-refractivity contribution < 1.29 is 9.59 Å². The van der Waals surface area contributed by atoms with Gasteiger partial charge in [-0.1, -0.05) is 11.8 Å². The summed E-state index contributed by atoms with van der Waals surface area (Å²) in [5.74, 6) is 0.205. The van der Waals surface area contributed by atoms with E-state index in [1.165, 1.54) is 16.4 Å². The van der Waals surface area contributed by atoms with E-state index in [0.29, 0.717) is 28.5 Å². The van der Waals surface area contributed by atoms with Crippen molar-refractivity contribution in [2.24, 2.45) is 7.05 Å². The van der Waals surface area contributed by atoms with Gasteiger partial charge in [-0.25, -0.2) is 14.6 Å². The molecule has 120 valence electrons. The van der Waals surface area contributed by atoms with Crippen molar-refractivity contribution in [1.82, 2.24) is 30.2 Å². The first-order valence-electron chi connectivity index (χ1n) is 7.10. The molecule has 1 aliphatic carbocycles. The molecule has 0 spiro atoms. The lowest BCUT2D eigenvalue weighted by Gasteiger charge is -2.16. The number of hydrogen-bond donors (Lipinski definition) is 1. The maximum atomic E-state index is 12.0. The number of amides is 1. The standard InChI is InChI=1S/C13H15N7O2S/c1-7-11-8(4-3-5-9(11)21)15-12(14-7)16-10(22)6-23-13-17-18-19-20(13)2/h3-6H2,1-2H3,(H,14,15,16,22). The number of nitrogens with zero attached hydrogens (tertiary/aromatic N) is 6. The number of tetrazole rings is 1. The molecule has 0 aliphatic heterocycles. The van der Waals surface area contributed by atoms with Crippen LogP contribution in [0.4, 0.5) is 5.95 Å². The Bertz CT molecular complexity index is 774. The number of rotatable bonds is 4. The number of anilines is 1. The van der Waals surface area contributed by atoms with Gasteiger partial charge in [0.05, 0.1) is 22.7 Å². The molecule has 0 fully saturated rings. The first-order chi connectivity index (χ1) is 11.0. The summed E-state index contributed by atoms with van der Waals surface area (Å²) in [6.45, 7) is 1.76. The highest BCUT2D eigenvalue weighted by molar-refractivity contribution is 7.99. The van der Waals surface area contributed by atoms with Crippen LogP contribution in [-0.2, 0) is 18.3 Å². The van der Waals surface area contributed by atoms with Gasteiger partial charge >= 0.3 is 0 Å². The monoisotopic (exact) mass is 333 g/mol. The lowest BCUT2D eigenvalue weighted by molar-refractivity contribution is -0.113. The second-order valence-corrected chi connectivity index (χ2v) is 6.10. The summed E-state index contributed by atoms with van der Waals surface area (Å²) in [4.78, 5) is 32.4. The highest BCUT2D eigenvalue weighted by Crippen LogP contribution is 2.23. The highest BCUT2D eigenvalue weighted by Gasteiger charge is 2.22. The number of hydrogen-bond acceptors (Lipinski definition) is 8. The average molecular weight is 333 g/mol. The van der Waals surface area contributed by atoms with E-state index < -0.39 is 0 Å². The minimum atomic E-state index is -0.250. The minimum Gasteiger partial charge on any atom is -0.294 e. The molecule has 2 heterocycles. The van der Waals surface area contributed by atoms with E-state index in [4.69, 9.17) is 0 Å². The number of aromatic nitrogens is 6. The smallest absolute Gasteiger partial charge is 0.237 e. The van der Waals surface area contributed by atoms with Gasteiger partial charge in [0.1, 0.15) is 0 Å². The summed E-state index contributed by atoms with van der Waals surface area (Å²) < 4.78 is 1.49. The van der Waals surface area contributed by atoms with Gasteiger partial charge in [0.2, 0.25) is 17.0 Å². The van der Waals surface area contributed by atoms with E-state index in [1.807, 2.05) is 0 Å². The van der Waals surface area contributed by atoms with Gasteiger partial charge in [0.25, 0.3) is 0 Å². The fourth-order valence-corrected chi connectivity index (χ4v) is 3.06. The quantitative estimate of drug-likeness (QED) is 0.807. The van der Waals surface area contributed by atoms with Gasteiger partial charge in [0, 0.05) is 13.5 Å². The van der Waals surface area contributed by atoms with Crippen molar-refractivity contribution >= 4 is 29.4 Å². The van der Waals surface area contributed by atoms with Gasteiger partial charge in [-0.3, -0.25) is 14.9 Å². The van der Waals surface area contributed by atoms with Crippen LogP contribution < -0.4 is 5.32 Å². The summed E-state index contributed by atoms with van der Waals surface area (Å²) >= 11 is 1.22. The number of aryl methyl sites for hydroxylation is 3. The van der Waals surface area contributed by atoms with E-state index in [-0.39, 0.29) is 23.4 Å². The van der Waals surface area contributed by atoms with Crippen molar-refractivity contribution in [3.05, 3.63) is 17.0 Å². The van der Waals surface area contributed by atoms with Crippen molar-refractivity contribution in [2.75, 3.05) is 11.1 Å². The summed E-state index contributed by atoms with van der Waals surface area (Å²) in [7, 11) is 1.70. The fourth-order valence-electron chi connectivity index (χ4n) is 2.41. The lowest BCUT2D eigenvalue weighted by atomic mass is 9.94. The first kappa shape index (κ1) is 15.5.